The lowest BCUT2D eigenvalue weighted by Gasteiger charge is -2.11. The molecule has 0 aliphatic heterocycles. The van der Waals surface area contributed by atoms with E-state index in [1.54, 1.807) is 30.5 Å². The van der Waals surface area contributed by atoms with Crippen molar-refractivity contribution < 1.29 is 36.2 Å². The van der Waals surface area contributed by atoms with Crippen LogP contribution in [0.5, 0.6) is 11.5 Å². The number of carbonyl (C=O) groups excluding carboxylic acids is 1. The molecule has 0 aliphatic carbocycles. The predicted octanol–water partition coefficient (Wildman–Crippen LogP) is 4.34. The van der Waals surface area contributed by atoms with Gasteiger partial charge >= 0.3 is 0 Å². The maximum Gasteiger partial charge on any atom is 0.262 e. The van der Waals surface area contributed by atoms with Gasteiger partial charge in [0.1, 0.15) is 5.69 Å². The van der Waals surface area contributed by atoms with Crippen molar-refractivity contribution in [3.8, 4) is 11.5 Å². The van der Waals surface area contributed by atoms with E-state index < -0.39 is 40.7 Å². The van der Waals surface area contributed by atoms with Crippen LogP contribution in [0.2, 0.25) is 0 Å². The second kappa shape index (κ2) is 9.76. The molecule has 0 fully saturated rings. The average molecular weight is 416 g/mol. The van der Waals surface area contributed by atoms with Crippen molar-refractivity contribution in [1.29, 1.82) is 0 Å². The Labute approximate surface area is 163 Å². The van der Waals surface area contributed by atoms with Gasteiger partial charge in [-0.15, -0.1) is 0 Å². The van der Waals surface area contributed by atoms with Crippen LogP contribution in [0.3, 0.4) is 0 Å². The summed E-state index contributed by atoms with van der Waals surface area (Å²) in [5, 5.41) is 0. The van der Waals surface area contributed by atoms with Crippen LogP contribution in [0, 0.1) is 29.1 Å². The fraction of sp³-hybridized carbons (Fsp3) is 0.211. The highest BCUT2D eigenvalue weighted by Gasteiger charge is 2.25. The number of anilines is 1. The largest absolute Gasteiger partial charge is 0.490 e. The van der Waals surface area contributed by atoms with E-state index in [9.17, 15) is 26.7 Å². The van der Waals surface area contributed by atoms with Crippen molar-refractivity contribution in [2.24, 2.45) is 0 Å². The van der Waals surface area contributed by atoms with Gasteiger partial charge in [-0.2, -0.15) is 0 Å². The van der Waals surface area contributed by atoms with Gasteiger partial charge in [0.15, 0.2) is 34.8 Å². The summed E-state index contributed by atoms with van der Waals surface area (Å²) in [7, 11) is 0. The minimum atomic E-state index is -2.29. The van der Waals surface area contributed by atoms with Crippen LogP contribution in [0.25, 0.3) is 6.08 Å². The summed E-state index contributed by atoms with van der Waals surface area (Å²) in [5.41, 5.74) is 2.69. The first-order valence-electron chi connectivity index (χ1n) is 8.45. The smallest absolute Gasteiger partial charge is 0.262 e. The lowest BCUT2D eigenvalue weighted by atomic mass is 10.2. The van der Waals surface area contributed by atoms with Gasteiger partial charge in [0.25, 0.3) is 5.91 Å². The molecule has 2 aromatic rings. The Hall–Kier alpha value is -3.30. The third kappa shape index (κ3) is 5.15. The predicted molar refractivity (Wildman–Crippen MR) is 95.8 cm³/mol. The Morgan fingerprint density at radius 2 is 1.45 bits per heavy atom. The highest BCUT2D eigenvalue weighted by Crippen LogP contribution is 2.29. The molecule has 2 N–H and O–H groups in total. The molecule has 0 unspecified atom stereocenters. The summed E-state index contributed by atoms with van der Waals surface area (Å²) in [4.78, 5) is 11.8. The monoisotopic (exact) mass is 416 g/mol. The Morgan fingerprint density at radius 1 is 0.897 bits per heavy atom. The molecule has 0 saturated heterocycles. The third-order valence-electron chi connectivity index (χ3n) is 3.52. The normalized spacial score (nSPS) is 10.9. The van der Waals surface area contributed by atoms with Crippen LogP contribution < -0.4 is 20.3 Å². The van der Waals surface area contributed by atoms with E-state index in [0.29, 0.717) is 30.3 Å². The van der Waals surface area contributed by atoms with Crippen LogP contribution in [-0.2, 0) is 4.79 Å². The molecule has 0 aliphatic rings. The summed E-state index contributed by atoms with van der Waals surface area (Å²) in [6.07, 6.45) is 2.35. The molecule has 5 nitrogen and oxygen atoms in total. The summed E-state index contributed by atoms with van der Waals surface area (Å²) in [5.74, 6) is -10.7. The number of rotatable bonds is 8. The summed E-state index contributed by atoms with van der Waals surface area (Å²) in [6.45, 7) is 4.42. The maximum atomic E-state index is 13.5. The Morgan fingerprint density at radius 3 is 2.03 bits per heavy atom. The first-order chi connectivity index (χ1) is 13.8. The zero-order valence-corrected chi connectivity index (χ0v) is 15.4. The highest BCUT2D eigenvalue weighted by molar-refractivity contribution is 5.92. The van der Waals surface area contributed by atoms with Gasteiger partial charge in [-0.25, -0.2) is 22.0 Å². The molecule has 0 bridgehead atoms. The van der Waals surface area contributed by atoms with Gasteiger partial charge < -0.3 is 9.47 Å². The molecular formula is C19H17F5N2O3. The molecule has 10 heteroatoms. The fourth-order valence-electron chi connectivity index (χ4n) is 2.22. The molecule has 1 amide bonds. The lowest BCUT2D eigenvalue weighted by Crippen LogP contribution is -2.29. The minimum Gasteiger partial charge on any atom is -0.490 e. The quantitative estimate of drug-likeness (QED) is 0.221. The molecule has 156 valence electrons. The Kier molecular flexibility index (Phi) is 7.40. The second-order valence-electron chi connectivity index (χ2n) is 5.46. The van der Waals surface area contributed by atoms with Crippen molar-refractivity contribution in [1.82, 2.24) is 5.43 Å². The number of benzene rings is 2. The number of ether oxygens (including phenoxy) is 2. The lowest BCUT2D eigenvalue weighted by molar-refractivity contribution is -0.116. The van der Waals surface area contributed by atoms with E-state index >= 15 is 0 Å². The van der Waals surface area contributed by atoms with E-state index in [1.165, 1.54) is 6.08 Å². The number of carbonyl (C=O) groups is 1. The summed E-state index contributed by atoms with van der Waals surface area (Å²) in [6, 6.07) is 4.88. The first kappa shape index (κ1) is 22.0. The number of hydrogen-bond acceptors (Lipinski definition) is 4. The molecule has 0 radical (unpaired) electrons. The highest BCUT2D eigenvalue weighted by atomic mass is 19.2. The van der Waals surface area contributed by atoms with Crippen molar-refractivity contribution in [3.63, 3.8) is 0 Å². The number of hydrazine groups is 1. The third-order valence-corrected chi connectivity index (χ3v) is 3.52. The van der Waals surface area contributed by atoms with Gasteiger partial charge in [0, 0.05) is 6.08 Å². The zero-order chi connectivity index (χ0) is 21.6. The van der Waals surface area contributed by atoms with Crippen LogP contribution in [0.4, 0.5) is 27.6 Å². The Bertz CT molecular complexity index is 906. The summed E-state index contributed by atoms with van der Waals surface area (Å²) >= 11 is 0. The van der Waals surface area contributed by atoms with E-state index in [1.807, 2.05) is 12.3 Å². The molecule has 0 atom stereocenters. The van der Waals surface area contributed by atoms with Crippen molar-refractivity contribution in [2.75, 3.05) is 18.6 Å². The van der Waals surface area contributed by atoms with Crippen molar-refractivity contribution >= 4 is 17.7 Å². The van der Waals surface area contributed by atoms with E-state index in [4.69, 9.17) is 9.47 Å². The molecular weight excluding hydrogens is 399 g/mol. The first-order valence-corrected chi connectivity index (χ1v) is 8.45. The fourth-order valence-corrected chi connectivity index (χ4v) is 2.22. The maximum absolute atomic E-state index is 13.5. The van der Waals surface area contributed by atoms with Crippen LogP contribution in [0.1, 0.15) is 19.4 Å². The van der Waals surface area contributed by atoms with Gasteiger partial charge in [-0.3, -0.25) is 15.6 Å². The zero-order valence-electron chi connectivity index (χ0n) is 15.4. The van der Waals surface area contributed by atoms with Crippen LogP contribution in [-0.4, -0.2) is 19.1 Å². The second-order valence-corrected chi connectivity index (χ2v) is 5.46. The molecule has 0 heterocycles. The molecule has 2 aromatic carbocycles. The standard InChI is InChI=1S/C19H17F5N2O3/c1-3-28-11-7-5-10(9-12(11)29-4-2)6-8-13(27)25-26-19-17(23)15(21)14(20)16(22)18(19)24/h5-9,26H,3-4H2,1-2H3,(H,25,27)/b8-6+. The van der Waals surface area contributed by atoms with E-state index in [2.05, 4.69) is 0 Å². The topological polar surface area (TPSA) is 59.6 Å². The molecule has 29 heavy (non-hydrogen) atoms. The van der Waals surface area contributed by atoms with Gasteiger partial charge in [-0.05, 0) is 37.6 Å². The van der Waals surface area contributed by atoms with Crippen molar-refractivity contribution in [2.45, 2.75) is 13.8 Å². The molecule has 0 aromatic heterocycles. The molecule has 0 spiro atoms. The summed E-state index contributed by atoms with van der Waals surface area (Å²) < 4.78 is 77.2. The van der Waals surface area contributed by atoms with Crippen molar-refractivity contribution in [3.05, 3.63) is 58.9 Å². The number of nitrogens with one attached hydrogen (secondary N) is 2. The number of halogens is 5. The van der Waals surface area contributed by atoms with Gasteiger partial charge in [-0.1, -0.05) is 6.07 Å². The van der Waals surface area contributed by atoms with Gasteiger partial charge in [0.2, 0.25) is 5.82 Å². The van der Waals surface area contributed by atoms with E-state index in [0.717, 1.165) is 6.08 Å². The minimum absolute atomic E-state index is 0.388. The number of amides is 1. The van der Waals surface area contributed by atoms with Crippen LogP contribution >= 0.6 is 0 Å². The molecule has 0 saturated carbocycles. The van der Waals surface area contributed by atoms with E-state index in [-0.39, 0.29) is 0 Å². The van der Waals surface area contributed by atoms with Crippen LogP contribution in [0.15, 0.2) is 24.3 Å². The molecule has 2 rings (SSSR count). The average Bonchev–Trinajstić information content (AvgIpc) is 2.71. The Balaban J connectivity index is 2.10. The SMILES string of the molecule is CCOc1ccc(/C=C/C(=O)NNc2c(F)c(F)c(F)c(F)c2F)cc1OCC. The number of hydrogen-bond donors (Lipinski definition) is 2. The van der Waals surface area contributed by atoms with Gasteiger partial charge in [0.05, 0.1) is 13.2 Å².